The van der Waals surface area contributed by atoms with Gasteiger partial charge in [0.2, 0.25) is 17.8 Å². The Balaban J connectivity index is 0.000000124. The first-order chi connectivity index (χ1) is 52.5. The van der Waals surface area contributed by atoms with Crippen molar-refractivity contribution >= 4 is 34.8 Å². The van der Waals surface area contributed by atoms with Crippen molar-refractivity contribution in [1.29, 1.82) is 5.26 Å². The van der Waals surface area contributed by atoms with Crippen molar-refractivity contribution in [1.82, 2.24) is 57.8 Å². The van der Waals surface area contributed by atoms with Gasteiger partial charge in [-0.15, -0.1) is 0 Å². The fraction of sp³-hybridized carbons (Fsp3) is 0.329. The number of fused-ring (bicyclic) bond motifs is 6. The van der Waals surface area contributed by atoms with Crippen molar-refractivity contribution in [3.05, 3.63) is 231 Å². The number of aromatic nitrogens is 9. The Morgan fingerprint density at radius 3 is 1.29 bits per heavy atom. The number of rotatable bonds is 19. The molecule has 0 saturated carbocycles. The molecule has 0 aliphatic carbocycles. The van der Waals surface area contributed by atoms with Crippen LogP contribution in [0, 0.1) is 42.6 Å². The van der Waals surface area contributed by atoms with Crippen LogP contribution in [0.25, 0.3) is 50.3 Å². The number of nitrogens with one attached hydrogen (secondary N) is 3. The molecule has 26 heteroatoms. The normalized spacial score (nSPS) is 17.2. The summed E-state index contributed by atoms with van der Waals surface area (Å²) in [6.45, 7) is 12.0. The molecule has 0 amide bonds. The highest BCUT2D eigenvalue weighted by Gasteiger charge is 2.38. The van der Waals surface area contributed by atoms with Gasteiger partial charge in [-0.05, 0) is 96.5 Å². The fourth-order valence-corrected chi connectivity index (χ4v) is 15.4. The number of hydrogen-bond acceptors (Lipinski definition) is 17. The molecule has 6 aromatic carbocycles. The maximum Gasteiger partial charge on any atom is 0.261 e. The molecule has 6 aromatic heterocycles. The molecule has 554 valence electrons. The van der Waals surface area contributed by atoms with E-state index in [-0.39, 0.29) is 49.2 Å². The third-order valence-electron chi connectivity index (χ3n) is 21.0. The minimum absolute atomic E-state index is 0.0818. The van der Waals surface area contributed by atoms with Crippen LogP contribution in [0.4, 0.5) is 44.2 Å². The van der Waals surface area contributed by atoms with Gasteiger partial charge in [-0.3, -0.25) is 27.9 Å². The summed E-state index contributed by atoms with van der Waals surface area (Å²) in [7, 11) is 1.77. The molecule has 0 bridgehead atoms. The highest BCUT2D eigenvalue weighted by Crippen LogP contribution is 2.37. The summed E-state index contributed by atoms with van der Waals surface area (Å²) in [5.41, 5.74) is 17.5. The maximum absolute atomic E-state index is 14.6. The van der Waals surface area contributed by atoms with E-state index in [0.29, 0.717) is 118 Å². The van der Waals surface area contributed by atoms with Gasteiger partial charge in [0.1, 0.15) is 58.2 Å². The van der Waals surface area contributed by atoms with Gasteiger partial charge in [0.05, 0.1) is 50.1 Å². The number of benzene rings is 6. The third-order valence-corrected chi connectivity index (χ3v) is 21.0. The zero-order valence-corrected chi connectivity index (χ0v) is 60.1. The van der Waals surface area contributed by atoms with Crippen LogP contribution in [0.1, 0.15) is 86.4 Å². The second-order valence-corrected chi connectivity index (χ2v) is 28.3. The van der Waals surface area contributed by atoms with Crippen molar-refractivity contribution in [2.24, 2.45) is 0 Å². The number of alkyl halides is 3. The summed E-state index contributed by atoms with van der Waals surface area (Å²) in [5.74, 6) is 0.505. The van der Waals surface area contributed by atoms with Gasteiger partial charge in [0, 0.05) is 186 Å². The number of aryl methyl sites for hydroxylation is 2. The van der Waals surface area contributed by atoms with Crippen LogP contribution < -0.4 is 30.2 Å². The van der Waals surface area contributed by atoms with E-state index in [2.05, 4.69) is 100 Å². The summed E-state index contributed by atoms with van der Waals surface area (Å²) >= 11 is 0. The Labute approximate surface area is 620 Å². The van der Waals surface area contributed by atoms with Crippen molar-refractivity contribution in [2.75, 3.05) is 82.1 Å². The topological polar surface area (TPSA) is 197 Å². The molecule has 3 fully saturated rings. The summed E-state index contributed by atoms with van der Waals surface area (Å²) in [4.78, 5) is 34.2. The van der Waals surface area contributed by atoms with Crippen molar-refractivity contribution in [2.45, 2.75) is 110 Å². The molecule has 6 aliphatic heterocycles. The standard InChI is InChI=1S/C28H27FN6O2.C27H26F3N5O.C27H27F2N5O/c1-36-21-8-10-34(17-21)15-18-2-4-19(5-3-18)23-13-31-28(35-16-20(12-30)33-27(23)35)32-14-24-22-9-11-37-26(22)7-6-25(24)29;1-17-14-35-25(33-17)21(19-4-2-18(3-5-19)15-34-10-9-27(29,30)16-34)12-31-26(35)32-13-22-20-8-11-36-24(20)7-6-23(22)28;1-17-14-34-26(32-17)22(19-4-2-18(3-5-19)15-33-10-8-20(28)16-33)12-30-27(34)31-13-23-21-9-11-35-25(21)7-6-24(23)29/h2-7,13,16,21H,8-11,14-15,17H2,1H3,(H,31,32);2-7,12,14H,8-11,13,15-16H2,1H3,(H,31,32);2-7,12,14,20H,8-11,13,15-16H2,1H3,(H,30,31). The molecule has 108 heavy (non-hydrogen) atoms. The monoisotopic (exact) mass is 1470 g/mol. The Kier molecular flexibility index (Phi) is 20.2. The third kappa shape index (κ3) is 15.2. The Morgan fingerprint density at radius 1 is 0.509 bits per heavy atom. The van der Waals surface area contributed by atoms with E-state index in [4.69, 9.17) is 28.9 Å². The Hall–Kier alpha value is -11.1. The lowest BCUT2D eigenvalue weighted by atomic mass is 10.0. The lowest BCUT2D eigenvalue weighted by molar-refractivity contribution is 0.0115. The first kappa shape index (κ1) is 71.2. The number of halogens is 6. The van der Waals surface area contributed by atoms with E-state index in [1.54, 1.807) is 53.2 Å². The second kappa shape index (κ2) is 30.6. The molecular formula is C82H80F6N16O4. The Morgan fingerprint density at radius 2 is 0.907 bits per heavy atom. The summed E-state index contributed by atoms with van der Waals surface area (Å²) in [5, 5.41) is 19.3. The molecule has 2 atom stereocenters. The molecule has 0 radical (unpaired) electrons. The van der Waals surface area contributed by atoms with E-state index < -0.39 is 12.1 Å². The van der Waals surface area contributed by atoms with Gasteiger partial charge in [0.15, 0.2) is 11.3 Å². The van der Waals surface area contributed by atoms with Crippen molar-refractivity contribution < 1.29 is 45.3 Å². The molecule has 20 nitrogen and oxygen atoms in total. The second-order valence-electron chi connectivity index (χ2n) is 28.3. The number of anilines is 3. The molecule has 0 spiro atoms. The van der Waals surface area contributed by atoms with E-state index in [9.17, 15) is 31.6 Å². The fourth-order valence-electron chi connectivity index (χ4n) is 15.4. The summed E-state index contributed by atoms with van der Waals surface area (Å²) in [6.07, 6.45) is 14.1. The van der Waals surface area contributed by atoms with E-state index >= 15 is 0 Å². The number of ether oxygens (including phenoxy) is 4. The van der Waals surface area contributed by atoms with Crippen molar-refractivity contribution in [3.63, 3.8) is 0 Å². The quantitative estimate of drug-likeness (QED) is 0.0646. The van der Waals surface area contributed by atoms with Crippen LogP contribution in [-0.2, 0) is 63.3 Å². The van der Waals surface area contributed by atoms with Gasteiger partial charge in [-0.1, -0.05) is 72.8 Å². The molecule has 12 aromatic rings. The molecular weight excluding hydrogens is 1390 g/mol. The van der Waals surface area contributed by atoms with Crippen LogP contribution in [0.3, 0.4) is 0 Å². The van der Waals surface area contributed by atoms with Gasteiger partial charge >= 0.3 is 0 Å². The molecule has 3 saturated heterocycles. The maximum atomic E-state index is 14.6. The van der Waals surface area contributed by atoms with Crippen LogP contribution in [0.15, 0.2) is 146 Å². The predicted octanol–water partition coefficient (Wildman–Crippen LogP) is 14.3. The number of imidazole rings is 3. The molecule has 18 rings (SSSR count). The van der Waals surface area contributed by atoms with Gasteiger partial charge in [-0.2, -0.15) is 5.26 Å². The van der Waals surface area contributed by atoms with Gasteiger partial charge in [0.25, 0.3) is 5.92 Å². The van der Waals surface area contributed by atoms with Crippen LogP contribution in [0.5, 0.6) is 17.2 Å². The van der Waals surface area contributed by atoms with Gasteiger partial charge in [-0.25, -0.2) is 56.2 Å². The first-order valence-corrected chi connectivity index (χ1v) is 36.5. The zero-order chi connectivity index (χ0) is 74.2. The lowest BCUT2D eigenvalue weighted by Gasteiger charge is -2.16. The van der Waals surface area contributed by atoms with E-state index in [1.165, 1.54) is 23.8 Å². The van der Waals surface area contributed by atoms with Crippen LogP contribution in [-0.4, -0.2) is 142 Å². The van der Waals surface area contributed by atoms with Crippen molar-refractivity contribution in [3.8, 4) is 56.7 Å². The highest BCUT2D eigenvalue weighted by atomic mass is 19.3. The van der Waals surface area contributed by atoms with Crippen LogP contribution in [0.2, 0.25) is 0 Å². The van der Waals surface area contributed by atoms with Gasteiger partial charge < -0.3 is 34.9 Å². The molecule has 6 aliphatic rings. The van der Waals surface area contributed by atoms with E-state index in [1.807, 2.05) is 65.5 Å². The number of methoxy groups -OCH3 is 1. The minimum atomic E-state index is -2.59. The SMILES string of the molecule is COC1CCN(Cc2ccc(-c3cnc(NCc4c(F)ccc5c4CCO5)n4cc(C#N)nc34)cc2)C1.Cc1cn2c(NCc3c(F)ccc4c3CCO4)ncc(-c3ccc(CN4CCC(F)(F)C4)cc3)c2n1.Cc1cn2c(NCc3c(F)ccc4c3CCO4)ncc(-c3ccc(CN4CCC(F)C4)cc3)c2n1. The summed E-state index contributed by atoms with van der Waals surface area (Å²) in [6, 6.07) is 36.0. The zero-order valence-electron chi connectivity index (χ0n) is 60.1. The summed E-state index contributed by atoms with van der Waals surface area (Å²) < 4.78 is 112. The molecule has 12 heterocycles. The average molecular weight is 1470 g/mol. The predicted molar refractivity (Wildman–Crippen MR) is 399 cm³/mol. The smallest absolute Gasteiger partial charge is 0.261 e. The number of hydrogen-bond donors (Lipinski definition) is 3. The largest absolute Gasteiger partial charge is 0.493 e. The average Bonchev–Trinajstić information content (AvgIpc) is 1.54. The Bertz CT molecular complexity index is 5360. The molecule has 3 N–H and O–H groups in total. The minimum Gasteiger partial charge on any atom is -0.493 e. The number of nitriles is 1. The van der Waals surface area contributed by atoms with Crippen LogP contribution >= 0.6 is 0 Å². The number of likely N-dealkylation sites (tertiary alicyclic amines) is 3. The number of nitrogens with zero attached hydrogens (tertiary/aromatic N) is 13. The molecule has 2 unspecified atom stereocenters. The van der Waals surface area contributed by atoms with E-state index in [0.717, 1.165) is 140 Å². The highest BCUT2D eigenvalue weighted by molar-refractivity contribution is 5.81. The lowest BCUT2D eigenvalue weighted by Crippen LogP contribution is -2.24. The first-order valence-electron chi connectivity index (χ1n) is 36.5.